The molecule has 0 amide bonds. The molecular weight excluding hydrogens is 419 g/mol. The topological polar surface area (TPSA) is 29.4 Å². The number of benzene rings is 2. The number of carbonyl (C=O) groups excluding carboxylic acids is 1. The molecule has 0 saturated heterocycles. The molecule has 29 heavy (non-hydrogen) atoms. The van der Waals surface area contributed by atoms with Crippen LogP contribution in [0, 0.1) is 0 Å². The minimum absolute atomic E-state index is 0.111. The van der Waals surface area contributed by atoms with Crippen LogP contribution in [0.2, 0.25) is 62.8 Å². The molecule has 0 aliphatic carbocycles. The van der Waals surface area contributed by atoms with Gasteiger partial charge in [-0.3, -0.25) is 0 Å². The van der Waals surface area contributed by atoms with Crippen molar-refractivity contribution < 1.29 is 4.79 Å². The summed E-state index contributed by atoms with van der Waals surface area (Å²) in [6.07, 6.45) is 2.13. The van der Waals surface area contributed by atoms with Gasteiger partial charge in [0.2, 0.25) is 6.08 Å². The Morgan fingerprint density at radius 1 is 0.621 bits per heavy atom. The van der Waals surface area contributed by atoms with Gasteiger partial charge in [0.25, 0.3) is 8.24 Å². The number of nitrogens with zero attached hydrogens (tertiary/aromatic N) is 1. The number of isocyanates is 1. The highest BCUT2D eigenvalue weighted by Gasteiger charge is 2.72. The van der Waals surface area contributed by atoms with Gasteiger partial charge in [-0.25, -0.2) is 9.45 Å². The predicted molar refractivity (Wildman–Crippen MR) is 139 cm³/mol. The summed E-state index contributed by atoms with van der Waals surface area (Å²) in [7, 11) is -8.35. The van der Waals surface area contributed by atoms with Gasteiger partial charge in [-0.2, -0.15) is 0 Å². The van der Waals surface area contributed by atoms with Crippen LogP contribution in [0.25, 0.3) is 0 Å². The van der Waals surface area contributed by atoms with E-state index in [4.69, 9.17) is 4.66 Å². The van der Waals surface area contributed by atoms with Crippen molar-refractivity contribution in [2.24, 2.45) is 4.66 Å². The molecule has 0 saturated carbocycles. The second-order valence-corrected chi connectivity index (χ2v) is 33.4. The summed E-state index contributed by atoms with van der Waals surface area (Å²) < 4.78 is 5.12. The Labute approximate surface area is 181 Å². The van der Waals surface area contributed by atoms with Crippen molar-refractivity contribution in [1.82, 2.24) is 0 Å². The molecule has 2 aromatic carbocycles. The lowest BCUT2D eigenvalue weighted by Crippen LogP contribution is -2.83. The van der Waals surface area contributed by atoms with Crippen molar-refractivity contribution >= 4 is 48.9 Å². The summed E-state index contributed by atoms with van der Waals surface area (Å²) in [5.74, 6) is 0. The van der Waals surface area contributed by atoms with Gasteiger partial charge in [-0.05, 0) is 14.3 Å². The lowest BCUT2D eigenvalue weighted by molar-refractivity contribution is 0.566. The van der Waals surface area contributed by atoms with E-state index in [0.717, 1.165) is 0 Å². The third kappa shape index (κ3) is 3.66. The Morgan fingerprint density at radius 2 is 0.931 bits per heavy atom. The van der Waals surface area contributed by atoms with Crippen molar-refractivity contribution in [2.75, 3.05) is 0 Å². The Balaban J connectivity index is 3.28. The zero-order valence-corrected chi connectivity index (χ0v) is 23.6. The highest BCUT2D eigenvalue weighted by atomic mass is 28.5. The average Bonchev–Trinajstić information content (AvgIpc) is 2.59. The van der Waals surface area contributed by atoms with Crippen molar-refractivity contribution in [2.45, 2.75) is 62.8 Å². The highest BCUT2D eigenvalue weighted by Crippen LogP contribution is 2.59. The molecule has 0 aliphatic heterocycles. The third-order valence-electron chi connectivity index (χ3n) is 6.51. The van der Waals surface area contributed by atoms with E-state index in [2.05, 4.69) is 126 Å². The summed E-state index contributed by atoms with van der Waals surface area (Å²) in [4.78, 5) is 12.2. The Kier molecular flexibility index (Phi) is 6.68. The fraction of sp³-hybridized carbons (Fsp3) is 0.435. The van der Waals surface area contributed by atoms with Crippen LogP contribution < -0.4 is 10.4 Å². The standard InChI is InChI=1S/C23H37NOSi4/c1-26(2,3)23(27(4,5)6,28(7,8)9)29(24-20-25,21-16-12-10-13-17-21)22-18-14-11-15-19-22/h10-19H,1-9H3. The maximum absolute atomic E-state index is 12.2. The van der Waals surface area contributed by atoms with Gasteiger partial charge in [0.05, 0.1) is 0 Å². The lowest BCUT2D eigenvalue weighted by Gasteiger charge is -2.65. The molecule has 156 valence electrons. The summed E-state index contributed by atoms with van der Waals surface area (Å²) >= 11 is 0. The van der Waals surface area contributed by atoms with Gasteiger partial charge in [-0.1, -0.05) is 120 Å². The second-order valence-electron chi connectivity index (χ2n) is 11.1. The molecule has 0 unspecified atom stereocenters. The monoisotopic (exact) mass is 455 g/mol. The summed E-state index contributed by atoms with van der Waals surface area (Å²) in [5, 5.41) is 2.53. The number of hydrogen-bond donors (Lipinski definition) is 0. The van der Waals surface area contributed by atoms with Crippen LogP contribution in [-0.2, 0) is 4.79 Å². The van der Waals surface area contributed by atoms with Gasteiger partial charge in [0, 0.05) is 24.2 Å². The molecule has 2 nitrogen and oxygen atoms in total. The van der Waals surface area contributed by atoms with E-state index in [1.807, 2.05) is 0 Å². The predicted octanol–water partition coefficient (Wildman–Crippen LogP) is 5.45. The molecule has 2 aromatic rings. The first-order valence-electron chi connectivity index (χ1n) is 10.5. The Hall–Kier alpha value is -1.31. The first kappa shape index (κ1) is 24.0. The van der Waals surface area contributed by atoms with E-state index in [-0.39, 0.29) is 3.91 Å². The minimum Gasteiger partial charge on any atom is -0.236 e. The zero-order valence-electron chi connectivity index (χ0n) is 19.6. The molecule has 0 aliphatic rings. The lowest BCUT2D eigenvalue weighted by atomic mass is 10.4. The van der Waals surface area contributed by atoms with E-state index < -0.39 is 32.5 Å². The largest absolute Gasteiger partial charge is 0.257 e. The molecule has 0 spiro atoms. The quantitative estimate of drug-likeness (QED) is 0.310. The van der Waals surface area contributed by atoms with E-state index in [1.165, 1.54) is 10.4 Å². The van der Waals surface area contributed by atoms with E-state index in [9.17, 15) is 4.79 Å². The van der Waals surface area contributed by atoms with Crippen LogP contribution in [0.4, 0.5) is 0 Å². The van der Waals surface area contributed by atoms with Crippen LogP contribution in [0.1, 0.15) is 0 Å². The maximum atomic E-state index is 12.2. The SMILES string of the molecule is C[Si](C)(C)C([Si](C)(C)C)([Si](C)(C)C)[Si](N=C=O)(c1ccccc1)c1ccccc1. The first-order chi connectivity index (χ1) is 13.3. The molecule has 0 fully saturated rings. The van der Waals surface area contributed by atoms with E-state index >= 15 is 0 Å². The van der Waals surface area contributed by atoms with E-state index in [1.54, 1.807) is 0 Å². The fourth-order valence-corrected chi connectivity index (χ4v) is 53.5. The summed E-state index contributed by atoms with van der Waals surface area (Å²) in [6, 6.07) is 21.5. The van der Waals surface area contributed by atoms with Crippen LogP contribution in [0.15, 0.2) is 65.3 Å². The second kappa shape index (κ2) is 8.08. The third-order valence-corrected chi connectivity index (χ3v) is 40.6. The number of hydrogen-bond acceptors (Lipinski definition) is 2. The van der Waals surface area contributed by atoms with Crippen LogP contribution in [-0.4, -0.2) is 38.5 Å². The van der Waals surface area contributed by atoms with Crippen molar-refractivity contribution in [1.29, 1.82) is 0 Å². The van der Waals surface area contributed by atoms with E-state index in [0.29, 0.717) is 0 Å². The van der Waals surface area contributed by atoms with Gasteiger partial charge in [-0.15, -0.1) is 0 Å². The molecular formula is C23H37NOSi4. The van der Waals surface area contributed by atoms with Gasteiger partial charge in [0.1, 0.15) is 0 Å². The molecule has 0 atom stereocenters. The molecule has 0 radical (unpaired) electrons. The Bertz CT molecular complexity index is 796. The van der Waals surface area contributed by atoms with Crippen LogP contribution >= 0.6 is 0 Å². The molecule has 6 heteroatoms. The average molecular weight is 456 g/mol. The first-order valence-corrected chi connectivity index (χ1v) is 22.9. The summed E-state index contributed by atoms with van der Waals surface area (Å²) in [6.45, 7) is 22.7. The molecule has 0 aromatic heterocycles. The summed E-state index contributed by atoms with van der Waals surface area (Å²) in [5.41, 5.74) is 0. The fourth-order valence-electron chi connectivity index (χ4n) is 7.24. The van der Waals surface area contributed by atoms with Crippen molar-refractivity contribution in [3.8, 4) is 0 Å². The molecule has 0 N–H and O–H groups in total. The van der Waals surface area contributed by atoms with Gasteiger partial charge >= 0.3 is 0 Å². The number of rotatable bonds is 7. The van der Waals surface area contributed by atoms with Gasteiger partial charge in [0.15, 0.2) is 0 Å². The van der Waals surface area contributed by atoms with Gasteiger partial charge < -0.3 is 0 Å². The Morgan fingerprint density at radius 3 is 1.17 bits per heavy atom. The van der Waals surface area contributed by atoms with Crippen LogP contribution in [0.5, 0.6) is 0 Å². The molecule has 0 bridgehead atoms. The molecule has 0 heterocycles. The minimum atomic E-state index is -2.85. The van der Waals surface area contributed by atoms with Crippen molar-refractivity contribution in [3.05, 3.63) is 60.7 Å². The maximum Gasteiger partial charge on any atom is 0.257 e. The smallest absolute Gasteiger partial charge is 0.236 e. The van der Waals surface area contributed by atoms with Crippen molar-refractivity contribution in [3.63, 3.8) is 0 Å². The normalized spacial score (nSPS) is 13.7. The van der Waals surface area contributed by atoms with Crippen LogP contribution in [0.3, 0.4) is 0 Å². The highest BCUT2D eigenvalue weighted by molar-refractivity contribution is 7.35. The zero-order chi connectivity index (χ0) is 22.1. The molecule has 2 rings (SSSR count).